The zero-order chi connectivity index (χ0) is 20.7. The van der Waals surface area contributed by atoms with E-state index in [0.717, 1.165) is 25.7 Å². The summed E-state index contributed by atoms with van der Waals surface area (Å²) in [5.41, 5.74) is 1.25. The van der Waals surface area contributed by atoms with E-state index >= 15 is 0 Å². The van der Waals surface area contributed by atoms with Crippen LogP contribution in [0.25, 0.3) is 5.76 Å². The summed E-state index contributed by atoms with van der Waals surface area (Å²) in [7, 11) is 0. The van der Waals surface area contributed by atoms with E-state index in [-0.39, 0.29) is 28.7 Å². The molecule has 0 aromatic heterocycles. The van der Waals surface area contributed by atoms with Gasteiger partial charge in [0.25, 0.3) is 11.7 Å². The van der Waals surface area contributed by atoms with Crippen LogP contribution in [0, 0.1) is 12.7 Å². The van der Waals surface area contributed by atoms with Crippen LogP contribution in [-0.4, -0.2) is 32.8 Å². The van der Waals surface area contributed by atoms with Crippen LogP contribution in [0.4, 0.5) is 4.39 Å². The van der Waals surface area contributed by atoms with Gasteiger partial charge in [0, 0.05) is 11.6 Å². The number of Topliss-reactive ketones (excluding diaryl/α,β-unsaturated/α-hetero) is 1. The number of benzene rings is 2. The molecule has 2 fully saturated rings. The molecule has 1 heterocycles. The van der Waals surface area contributed by atoms with E-state index < -0.39 is 23.5 Å². The molecule has 1 atom stereocenters. The summed E-state index contributed by atoms with van der Waals surface area (Å²) >= 11 is 0. The molecule has 150 valence electrons. The van der Waals surface area contributed by atoms with E-state index in [4.69, 9.17) is 0 Å². The molecule has 2 aromatic carbocycles. The van der Waals surface area contributed by atoms with E-state index in [9.17, 15) is 24.2 Å². The monoisotopic (exact) mass is 395 g/mol. The molecule has 0 bridgehead atoms. The number of phenols is 1. The molecule has 2 aromatic rings. The lowest BCUT2D eigenvalue weighted by Crippen LogP contribution is -2.37. The number of hydrogen-bond donors (Lipinski definition) is 2. The van der Waals surface area contributed by atoms with Crippen molar-refractivity contribution in [1.29, 1.82) is 0 Å². The van der Waals surface area contributed by atoms with Crippen LogP contribution in [0.2, 0.25) is 0 Å². The van der Waals surface area contributed by atoms with Crippen molar-refractivity contribution in [2.45, 2.75) is 44.7 Å². The zero-order valence-corrected chi connectivity index (χ0v) is 16.1. The van der Waals surface area contributed by atoms with E-state index in [2.05, 4.69) is 0 Å². The van der Waals surface area contributed by atoms with Crippen LogP contribution in [-0.2, 0) is 9.59 Å². The Labute approximate surface area is 168 Å². The first-order valence-electron chi connectivity index (χ1n) is 9.74. The Hall–Kier alpha value is -3.15. The molecule has 29 heavy (non-hydrogen) atoms. The summed E-state index contributed by atoms with van der Waals surface area (Å²) in [4.78, 5) is 27.5. The van der Waals surface area contributed by atoms with Crippen molar-refractivity contribution in [2.75, 3.05) is 0 Å². The van der Waals surface area contributed by atoms with Crippen molar-refractivity contribution in [3.8, 4) is 5.75 Å². The molecule has 2 N–H and O–H groups in total. The highest BCUT2D eigenvalue weighted by Gasteiger charge is 2.49. The highest BCUT2D eigenvalue weighted by molar-refractivity contribution is 6.46. The number of ketones is 1. The quantitative estimate of drug-likeness (QED) is 0.464. The summed E-state index contributed by atoms with van der Waals surface area (Å²) < 4.78 is 13.7. The smallest absolute Gasteiger partial charge is 0.295 e. The van der Waals surface area contributed by atoms with Crippen LogP contribution in [0.3, 0.4) is 0 Å². The van der Waals surface area contributed by atoms with Gasteiger partial charge in [0.2, 0.25) is 0 Å². The number of carbonyl (C=O) groups is 2. The van der Waals surface area contributed by atoms with Gasteiger partial charge in [-0.2, -0.15) is 0 Å². The van der Waals surface area contributed by atoms with Crippen molar-refractivity contribution >= 4 is 17.4 Å². The first-order chi connectivity index (χ1) is 13.9. The number of aryl methyl sites for hydroxylation is 1. The number of likely N-dealkylation sites (tertiary alicyclic amines) is 1. The van der Waals surface area contributed by atoms with Crippen LogP contribution in [0.1, 0.15) is 48.4 Å². The van der Waals surface area contributed by atoms with Gasteiger partial charge in [0.05, 0.1) is 11.6 Å². The minimum Gasteiger partial charge on any atom is -0.508 e. The van der Waals surface area contributed by atoms with Gasteiger partial charge in [-0.05, 0) is 61.2 Å². The fraction of sp³-hybridized carbons (Fsp3) is 0.304. The Balaban J connectivity index is 1.89. The van der Waals surface area contributed by atoms with Gasteiger partial charge in [0.1, 0.15) is 17.3 Å². The lowest BCUT2D eigenvalue weighted by atomic mass is 9.94. The van der Waals surface area contributed by atoms with E-state index in [1.165, 1.54) is 30.3 Å². The van der Waals surface area contributed by atoms with Crippen molar-refractivity contribution in [1.82, 2.24) is 4.90 Å². The summed E-state index contributed by atoms with van der Waals surface area (Å²) in [5.74, 6) is -2.03. The van der Waals surface area contributed by atoms with E-state index in [0.29, 0.717) is 11.1 Å². The number of halogens is 1. The summed E-state index contributed by atoms with van der Waals surface area (Å²) in [6.45, 7) is 1.57. The van der Waals surface area contributed by atoms with Gasteiger partial charge >= 0.3 is 0 Å². The molecule has 1 aliphatic carbocycles. The molecule has 0 radical (unpaired) electrons. The lowest BCUT2D eigenvalue weighted by Gasteiger charge is -2.30. The molecule has 1 saturated heterocycles. The standard InChI is InChI=1S/C23H22FNO4/c1-13-12-15(8-11-18(13)24)21(27)19-20(14-6-9-17(26)10-7-14)25(23(29)22(19)28)16-4-2-3-5-16/h6-12,16,20,26-27H,2-5H2,1H3/b21-19-. The Kier molecular flexibility index (Phi) is 4.86. The number of rotatable bonds is 3. The largest absolute Gasteiger partial charge is 0.508 e. The molecular formula is C23H22FNO4. The number of aliphatic hydroxyl groups excluding tert-OH is 1. The van der Waals surface area contributed by atoms with Crippen molar-refractivity contribution in [2.24, 2.45) is 0 Å². The number of nitrogens with zero attached hydrogens (tertiary/aromatic N) is 1. The van der Waals surface area contributed by atoms with Crippen molar-refractivity contribution in [3.63, 3.8) is 0 Å². The van der Waals surface area contributed by atoms with Crippen LogP contribution < -0.4 is 0 Å². The number of hydrogen-bond acceptors (Lipinski definition) is 4. The third kappa shape index (κ3) is 3.28. The van der Waals surface area contributed by atoms with Crippen molar-refractivity contribution in [3.05, 3.63) is 70.5 Å². The van der Waals surface area contributed by atoms with Gasteiger partial charge < -0.3 is 15.1 Å². The zero-order valence-electron chi connectivity index (χ0n) is 16.1. The van der Waals surface area contributed by atoms with E-state index in [1.54, 1.807) is 24.0 Å². The minimum atomic E-state index is -0.746. The third-order valence-electron chi connectivity index (χ3n) is 5.84. The van der Waals surface area contributed by atoms with Crippen molar-refractivity contribution < 1.29 is 24.2 Å². The Morgan fingerprint density at radius 3 is 2.34 bits per heavy atom. The van der Waals surface area contributed by atoms with Crippen LogP contribution in [0.5, 0.6) is 5.75 Å². The topological polar surface area (TPSA) is 77.8 Å². The molecule has 1 saturated carbocycles. The second-order valence-electron chi connectivity index (χ2n) is 7.70. The second kappa shape index (κ2) is 7.35. The Bertz CT molecular complexity index is 1010. The number of phenolic OH excluding ortho intramolecular Hbond substituents is 1. The first kappa shape index (κ1) is 19.2. The fourth-order valence-corrected chi connectivity index (χ4v) is 4.34. The maximum Gasteiger partial charge on any atom is 0.295 e. The molecule has 6 heteroatoms. The minimum absolute atomic E-state index is 0.00130. The van der Waals surface area contributed by atoms with Crippen LogP contribution in [0.15, 0.2) is 48.0 Å². The molecule has 1 amide bonds. The van der Waals surface area contributed by atoms with Gasteiger partial charge in [-0.15, -0.1) is 0 Å². The lowest BCUT2D eigenvalue weighted by molar-refractivity contribution is -0.141. The number of aliphatic hydroxyl groups is 1. The Morgan fingerprint density at radius 2 is 1.72 bits per heavy atom. The predicted molar refractivity (Wildman–Crippen MR) is 106 cm³/mol. The first-order valence-corrected chi connectivity index (χ1v) is 9.74. The Morgan fingerprint density at radius 1 is 1.07 bits per heavy atom. The van der Waals surface area contributed by atoms with Gasteiger partial charge in [-0.25, -0.2) is 4.39 Å². The molecule has 4 rings (SSSR count). The highest BCUT2D eigenvalue weighted by atomic mass is 19.1. The normalized spacial score (nSPS) is 21.9. The molecule has 1 unspecified atom stereocenters. The maximum atomic E-state index is 13.7. The average molecular weight is 395 g/mol. The number of aromatic hydroxyl groups is 1. The average Bonchev–Trinajstić information content (AvgIpc) is 3.31. The molecule has 0 spiro atoms. The maximum absolute atomic E-state index is 13.7. The highest BCUT2D eigenvalue weighted by Crippen LogP contribution is 2.43. The predicted octanol–water partition coefficient (Wildman–Crippen LogP) is 4.20. The van der Waals surface area contributed by atoms with Gasteiger partial charge in [-0.3, -0.25) is 9.59 Å². The number of carbonyl (C=O) groups excluding carboxylic acids is 2. The van der Waals surface area contributed by atoms with Gasteiger partial charge in [0.15, 0.2) is 0 Å². The second-order valence-corrected chi connectivity index (χ2v) is 7.70. The third-order valence-corrected chi connectivity index (χ3v) is 5.84. The molecule has 1 aliphatic heterocycles. The SMILES string of the molecule is Cc1cc(/C(O)=C2/C(=O)C(=O)N(C3CCCC3)C2c2ccc(O)cc2)ccc1F. The summed E-state index contributed by atoms with van der Waals surface area (Å²) in [6.07, 6.45) is 3.56. The molecule has 5 nitrogen and oxygen atoms in total. The summed E-state index contributed by atoms with van der Waals surface area (Å²) in [5, 5.41) is 20.6. The molecule has 2 aliphatic rings. The number of amides is 1. The van der Waals surface area contributed by atoms with E-state index in [1.807, 2.05) is 0 Å². The molecular weight excluding hydrogens is 373 g/mol. The summed E-state index contributed by atoms with van der Waals surface area (Å²) in [6, 6.07) is 9.55. The van der Waals surface area contributed by atoms with Crippen LogP contribution >= 0.6 is 0 Å². The fourth-order valence-electron chi connectivity index (χ4n) is 4.34. The van der Waals surface area contributed by atoms with Gasteiger partial charge in [-0.1, -0.05) is 25.0 Å².